The molecule has 0 saturated carbocycles. The van der Waals surface area contributed by atoms with Gasteiger partial charge in [0.1, 0.15) is 22.1 Å². The fraction of sp³-hybridized carbons (Fsp3) is 0.143. The van der Waals surface area contributed by atoms with Crippen molar-refractivity contribution in [3.63, 3.8) is 0 Å². The number of nitriles is 1. The topological polar surface area (TPSA) is 101 Å². The van der Waals surface area contributed by atoms with Crippen molar-refractivity contribution in [2.75, 3.05) is 13.7 Å². The highest BCUT2D eigenvalue weighted by atomic mass is 32.1. The van der Waals surface area contributed by atoms with Crippen LogP contribution in [-0.2, 0) is 0 Å². The number of benzene rings is 2. The Morgan fingerprint density at radius 2 is 2.10 bits per heavy atom. The number of thiazole rings is 1. The zero-order chi connectivity index (χ0) is 20.2. The molecule has 0 unspecified atom stereocenters. The zero-order valence-electron chi connectivity index (χ0n) is 15.5. The number of hydrogen-bond donors (Lipinski definition) is 1. The second-order valence-electron chi connectivity index (χ2n) is 6.17. The summed E-state index contributed by atoms with van der Waals surface area (Å²) in [4.78, 5) is 17.0. The van der Waals surface area contributed by atoms with Gasteiger partial charge in [0.25, 0.3) is 5.91 Å². The summed E-state index contributed by atoms with van der Waals surface area (Å²) in [5.74, 6) is 0.542. The average molecular weight is 404 g/mol. The Hall–Kier alpha value is -3.70. The minimum atomic E-state index is -0.244. The highest BCUT2D eigenvalue weighted by Crippen LogP contribution is 2.33. The molecule has 0 fully saturated rings. The number of rotatable bonds is 6. The van der Waals surface area contributed by atoms with Gasteiger partial charge in [-0.05, 0) is 42.5 Å². The minimum Gasteiger partial charge on any atom is -0.497 e. The summed E-state index contributed by atoms with van der Waals surface area (Å²) in [5.41, 5.74) is 3.30. The Morgan fingerprint density at radius 3 is 2.86 bits per heavy atom. The van der Waals surface area contributed by atoms with E-state index in [4.69, 9.17) is 14.5 Å². The summed E-state index contributed by atoms with van der Waals surface area (Å²) in [6.45, 7) is 0.307. The Bertz CT molecular complexity index is 1200. The smallest absolute Gasteiger partial charge is 0.251 e. The molecule has 2 aromatic carbocycles. The summed E-state index contributed by atoms with van der Waals surface area (Å²) in [5, 5.41) is 18.9. The van der Waals surface area contributed by atoms with Gasteiger partial charge in [-0.3, -0.25) is 4.79 Å². The van der Waals surface area contributed by atoms with Crippen LogP contribution in [0.15, 0.2) is 52.4 Å². The van der Waals surface area contributed by atoms with Crippen molar-refractivity contribution < 1.29 is 14.1 Å². The van der Waals surface area contributed by atoms with Crippen molar-refractivity contribution in [3.05, 3.63) is 53.4 Å². The van der Waals surface area contributed by atoms with Gasteiger partial charge in [0.05, 0.1) is 25.0 Å². The van der Waals surface area contributed by atoms with E-state index in [1.165, 1.54) is 11.3 Å². The van der Waals surface area contributed by atoms with Crippen LogP contribution >= 0.6 is 11.3 Å². The largest absolute Gasteiger partial charge is 0.497 e. The van der Waals surface area contributed by atoms with Crippen LogP contribution in [0, 0.1) is 11.3 Å². The van der Waals surface area contributed by atoms with Crippen LogP contribution in [0.4, 0.5) is 0 Å². The maximum atomic E-state index is 12.3. The molecule has 8 heteroatoms. The van der Waals surface area contributed by atoms with Crippen LogP contribution in [0.3, 0.4) is 0 Å². The second kappa shape index (κ2) is 8.12. The first kappa shape index (κ1) is 18.7. The molecule has 2 heterocycles. The van der Waals surface area contributed by atoms with Crippen LogP contribution in [0.5, 0.6) is 5.75 Å². The molecule has 1 amide bonds. The van der Waals surface area contributed by atoms with Crippen LogP contribution in [0.25, 0.3) is 32.9 Å². The average Bonchev–Trinajstić information content (AvgIpc) is 3.40. The molecule has 0 aliphatic rings. The molecule has 0 spiro atoms. The molecule has 4 aromatic rings. The molecule has 0 atom stereocenters. The lowest BCUT2D eigenvalue weighted by atomic mass is 10.1. The highest BCUT2D eigenvalue weighted by Gasteiger charge is 2.16. The van der Waals surface area contributed by atoms with Crippen molar-refractivity contribution >= 4 is 28.2 Å². The van der Waals surface area contributed by atoms with Crippen LogP contribution in [-0.4, -0.2) is 29.7 Å². The van der Waals surface area contributed by atoms with Gasteiger partial charge in [0.2, 0.25) is 0 Å². The van der Waals surface area contributed by atoms with Gasteiger partial charge < -0.3 is 14.6 Å². The van der Waals surface area contributed by atoms with E-state index in [1.54, 1.807) is 25.3 Å². The maximum absolute atomic E-state index is 12.3. The SMILES string of the molecule is COc1ccc(-c2nc(-c3noc4ccc(C(=O)NCCC#N)cc34)cs2)cc1. The van der Waals surface area contributed by atoms with E-state index in [1.807, 2.05) is 35.7 Å². The van der Waals surface area contributed by atoms with E-state index >= 15 is 0 Å². The predicted molar refractivity (Wildman–Crippen MR) is 110 cm³/mol. The molecule has 0 bridgehead atoms. The first-order valence-corrected chi connectivity index (χ1v) is 9.72. The van der Waals surface area contributed by atoms with Gasteiger partial charge in [-0.2, -0.15) is 5.26 Å². The summed E-state index contributed by atoms with van der Waals surface area (Å²) < 4.78 is 10.6. The standard InChI is InChI=1S/C21H16N4O3S/c1-27-15-6-3-13(4-7-15)21-24-17(12-29-21)19-16-11-14(5-8-18(16)28-25-19)20(26)23-10-2-9-22/h3-8,11-12H,2,10H2,1H3,(H,23,26). The maximum Gasteiger partial charge on any atom is 0.251 e. The number of carbonyl (C=O) groups is 1. The number of nitrogens with zero attached hydrogens (tertiary/aromatic N) is 3. The molecule has 0 aliphatic carbocycles. The van der Waals surface area contributed by atoms with Gasteiger partial charge in [0, 0.05) is 23.1 Å². The molecule has 7 nitrogen and oxygen atoms in total. The van der Waals surface area contributed by atoms with Gasteiger partial charge in [-0.25, -0.2) is 4.98 Å². The number of nitrogens with one attached hydrogen (secondary N) is 1. The van der Waals surface area contributed by atoms with E-state index in [0.29, 0.717) is 34.5 Å². The summed E-state index contributed by atoms with van der Waals surface area (Å²) >= 11 is 1.50. The zero-order valence-corrected chi connectivity index (χ0v) is 16.3. The van der Waals surface area contributed by atoms with Gasteiger partial charge in [-0.15, -0.1) is 11.3 Å². The Labute approximate surface area is 170 Å². The van der Waals surface area contributed by atoms with E-state index in [2.05, 4.69) is 15.5 Å². The van der Waals surface area contributed by atoms with E-state index in [9.17, 15) is 4.79 Å². The Morgan fingerprint density at radius 1 is 1.28 bits per heavy atom. The van der Waals surface area contributed by atoms with E-state index in [-0.39, 0.29) is 12.3 Å². The fourth-order valence-electron chi connectivity index (χ4n) is 2.85. The van der Waals surface area contributed by atoms with Crippen molar-refractivity contribution in [1.82, 2.24) is 15.5 Å². The quantitative estimate of drug-likeness (QED) is 0.482. The second-order valence-corrected chi connectivity index (χ2v) is 7.03. The van der Waals surface area contributed by atoms with Crippen molar-refractivity contribution in [2.24, 2.45) is 0 Å². The number of aromatic nitrogens is 2. The molecule has 2 aromatic heterocycles. The first-order chi connectivity index (χ1) is 14.2. The molecule has 4 rings (SSSR count). The third kappa shape index (κ3) is 3.81. The highest BCUT2D eigenvalue weighted by molar-refractivity contribution is 7.13. The molecule has 0 radical (unpaired) electrons. The van der Waals surface area contributed by atoms with Gasteiger partial charge in [0.15, 0.2) is 5.58 Å². The molecule has 144 valence electrons. The van der Waals surface area contributed by atoms with Crippen molar-refractivity contribution in [2.45, 2.75) is 6.42 Å². The van der Waals surface area contributed by atoms with Crippen LogP contribution in [0.2, 0.25) is 0 Å². The molecular formula is C21H16N4O3S. The van der Waals surface area contributed by atoms with Crippen molar-refractivity contribution in [1.29, 1.82) is 5.26 Å². The Kier molecular flexibility index (Phi) is 5.22. The lowest BCUT2D eigenvalue weighted by molar-refractivity contribution is 0.0954. The molecule has 0 saturated heterocycles. The minimum absolute atomic E-state index is 0.244. The lowest BCUT2D eigenvalue weighted by Crippen LogP contribution is -2.24. The third-order valence-electron chi connectivity index (χ3n) is 4.34. The number of fused-ring (bicyclic) bond motifs is 1. The van der Waals surface area contributed by atoms with Gasteiger partial charge >= 0.3 is 0 Å². The molecule has 1 N–H and O–H groups in total. The third-order valence-corrected chi connectivity index (χ3v) is 5.23. The van der Waals surface area contributed by atoms with E-state index in [0.717, 1.165) is 16.3 Å². The van der Waals surface area contributed by atoms with Crippen LogP contribution in [0.1, 0.15) is 16.8 Å². The summed E-state index contributed by atoms with van der Waals surface area (Å²) in [7, 11) is 1.63. The summed E-state index contributed by atoms with van der Waals surface area (Å²) in [6.07, 6.45) is 0.263. The monoisotopic (exact) mass is 404 g/mol. The number of methoxy groups -OCH3 is 1. The number of amides is 1. The van der Waals surface area contributed by atoms with E-state index < -0.39 is 0 Å². The summed E-state index contributed by atoms with van der Waals surface area (Å²) in [6, 6.07) is 14.8. The fourth-order valence-corrected chi connectivity index (χ4v) is 3.66. The number of carbonyl (C=O) groups excluding carboxylic acids is 1. The normalized spacial score (nSPS) is 10.6. The number of ether oxygens (including phenoxy) is 1. The molecule has 0 aliphatic heterocycles. The number of hydrogen-bond acceptors (Lipinski definition) is 7. The molecule has 29 heavy (non-hydrogen) atoms. The van der Waals surface area contributed by atoms with Crippen LogP contribution < -0.4 is 10.1 Å². The molecular weight excluding hydrogens is 388 g/mol. The predicted octanol–water partition coefficient (Wildman–Crippen LogP) is 4.27. The lowest BCUT2D eigenvalue weighted by Gasteiger charge is -2.02. The van der Waals surface area contributed by atoms with Gasteiger partial charge in [-0.1, -0.05) is 5.16 Å². The van der Waals surface area contributed by atoms with Crippen molar-refractivity contribution in [3.8, 4) is 33.8 Å². The Balaban J connectivity index is 1.64. The first-order valence-electron chi connectivity index (χ1n) is 8.84.